The Morgan fingerprint density at radius 3 is 3.05 bits per heavy atom. The Labute approximate surface area is 126 Å². The van der Waals surface area contributed by atoms with Crippen LogP contribution in [-0.2, 0) is 11.2 Å². The maximum absolute atomic E-state index is 11.8. The van der Waals surface area contributed by atoms with Crippen LogP contribution >= 0.6 is 22.7 Å². The smallest absolute Gasteiger partial charge is 0.226 e. The molecule has 1 atom stereocenters. The lowest BCUT2D eigenvalue weighted by Crippen LogP contribution is -2.28. The van der Waals surface area contributed by atoms with Gasteiger partial charge in [0, 0.05) is 22.9 Å². The van der Waals surface area contributed by atoms with E-state index in [1.807, 2.05) is 23.8 Å². The Bertz CT molecular complexity index is 537. The molecule has 0 aliphatic heterocycles. The van der Waals surface area contributed by atoms with E-state index in [-0.39, 0.29) is 12.0 Å². The molecule has 0 aliphatic carbocycles. The highest BCUT2D eigenvalue weighted by Gasteiger charge is 2.09. The van der Waals surface area contributed by atoms with E-state index < -0.39 is 0 Å². The molecule has 0 radical (unpaired) electrons. The molecule has 2 rings (SSSR count). The summed E-state index contributed by atoms with van der Waals surface area (Å²) >= 11 is 3.19. The van der Waals surface area contributed by atoms with Crippen molar-refractivity contribution in [3.05, 3.63) is 27.9 Å². The maximum atomic E-state index is 11.8. The number of thiophene rings is 1. The Morgan fingerprint density at radius 2 is 2.35 bits per heavy atom. The maximum Gasteiger partial charge on any atom is 0.226 e. The van der Waals surface area contributed by atoms with Gasteiger partial charge in [-0.3, -0.25) is 4.79 Å². The molecule has 2 heterocycles. The third kappa shape index (κ3) is 4.40. The average molecular weight is 310 g/mol. The Hall–Kier alpha value is -1.24. The van der Waals surface area contributed by atoms with Crippen LogP contribution in [0.2, 0.25) is 0 Å². The minimum atomic E-state index is -0.334. The highest BCUT2D eigenvalue weighted by atomic mass is 32.1. The van der Waals surface area contributed by atoms with Gasteiger partial charge in [0.2, 0.25) is 5.91 Å². The number of rotatable bonds is 7. The topological polar surface area (TPSA) is 62.2 Å². The van der Waals surface area contributed by atoms with Crippen molar-refractivity contribution >= 4 is 28.6 Å². The second-order valence-corrected chi connectivity index (χ2v) is 6.17. The van der Waals surface area contributed by atoms with E-state index in [9.17, 15) is 9.90 Å². The van der Waals surface area contributed by atoms with Crippen molar-refractivity contribution in [2.45, 2.75) is 32.3 Å². The third-order valence-electron chi connectivity index (χ3n) is 2.93. The van der Waals surface area contributed by atoms with Crippen LogP contribution in [0.1, 0.15) is 25.5 Å². The second-order valence-electron chi connectivity index (χ2n) is 4.53. The molecule has 2 N–H and O–H groups in total. The van der Waals surface area contributed by atoms with Gasteiger partial charge in [0.05, 0.1) is 18.2 Å². The minimum Gasteiger partial charge on any atom is -0.393 e. The van der Waals surface area contributed by atoms with E-state index in [1.54, 1.807) is 22.7 Å². The second kappa shape index (κ2) is 7.52. The van der Waals surface area contributed by atoms with E-state index in [0.29, 0.717) is 25.8 Å². The lowest BCUT2D eigenvalue weighted by molar-refractivity contribution is -0.120. The first-order valence-electron chi connectivity index (χ1n) is 6.60. The quantitative estimate of drug-likeness (QED) is 0.826. The number of nitrogens with one attached hydrogen (secondary N) is 1. The van der Waals surface area contributed by atoms with Crippen LogP contribution < -0.4 is 5.32 Å². The third-order valence-corrected chi connectivity index (χ3v) is 4.56. The predicted molar refractivity (Wildman–Crippen MR) is 83.1 cm³/mol. The van der Waals surface area contributed by atoms with Gasteiger partial charge in [0.1, 0.15) is 5.01 Å². The van der Waals surface area contributed by atoms with E-state index in [4.69, 9.17) is 0 Å². The molecule has 0 fully saturated rings. The molecule has 0 spiro atoms. The SMILES string of the molecule is CCC(O)CCNC(=O)Cc1csc(-c2ccsc2)n1. The van der Waals surface area contributed by atoms with E-state index >= 15 is 0 Å². The first-order chi connectivity index (χ1) is 9.69. The van der Waals surface area contributed by atoms with Crippen molar-refractivity contribution in [1.82, 2.24) is 10.3 Å². The summed E-state index contributed by atoms with van der Waals surface area (Å²) in [6.07, 6.45) is 1.27. The van der Waals surface area contributed by atoms with Crippen LogP contribution in [0, 0.1) is 0 Å². The lowest BCUT2D eigenvalue weighted by atomic mass is 10.2. The Morgan fingerprint density at radius 1 is 1.50 bits per heavy atom. The molecule has 2 aromatic rings. The number of aliphatic hydroxyl groups is 1. The first kappa shape index (κ1) is 15.2. The number of carbonyl (C=O) groups excluding carboxylic acids is 1. The van der Waals surface area contributed by atoms with Crippen LogP contribution in [0.15, 0.2) is 22.2 Å². The average Bonchev–Trinajstić information content (AvgIpc) is 3.08. The van der Waals surface area contributed by atoms with Crippen LogP contribution in [0.3, 0.4) is 0 Å². The van der Waals surface area contributed by atoms with Crippen molar-refractivity contribution in [2.24, 2.45) is 0 Å². The molecule has 20 heavy (non-hydrogen) atoms. The van der Waals surface area contributed by atoms with E-state index in [1.165, 1.54) is 0 Å². The van der Waals surface area contributed by atoms with Crippen molar-refractivity contribution in [3.8, 4) is 10.6 Å². The molecular formula is C14H18N2O2S2. The molecule has 0 aliphatic rings. The molecule has 6 heteroatoms. The van der Waals surface area contributed by atoms with Crippen molar-refractivity contribution in [1.29, 1.82) is 0 Å². The number of aromatic nitrogens is 1. The Kier molecular flexibility index (Phi) is 5.70. The molecule has 0 bridgehead atoms. The molecule has 1 unspecified atom stereocenters. The van der Waals surface area contributed by atoms with Gasteiger partial charge in [-0.15, -0.1) is 11.3 Å². The van der Waals surface area contributed by atoms with E-state index in [2.05, 4.69) is 15.7 Å². The molecule has 4 nitrogen and oxygen atoms in total. The summed E-state index contributed by atoms with van der Waals surface area (Å²) in [6, 6.07) is 2.03. The number of aliphatic hydroxyl groups excluding tert-OH is 1. The number of hydrogen-bond donors (Lipinski definition) is 2. The highest BCUT2D eigenvalue weighted by Crippen LogP contribution is 2.25. The van der Waals surface area contributed by atoms with Gasteiger partial charge < -0.3 is 10.4 Å². The van der Waals surface area contributed by atoms with Gasteiger partial charge in [-0.2, -0.15) is 11.3 Å². The zero-order chi connectivity index (χ0) is 14.4. The van der Waals surface area contributed by atoms with Gasteiger partial charge in [0.25, 0.3) is 0 Å². The van der Waals surface area contributed by atoms with Gasteiger partial charge in [0.15, 0.2) is 0 Å². The van der Waals surface area contributed by atoms with Crippen LogP contribution in [0.5, 0.6) is 0 Å². The summed E-state index contributed by atoms with van der Waals surface area (Å²) < 4.78 is 0. The zero-order valence-electron chi connectivity index (χ0n) is 11.3. The molecule has 2 aromatic heterocycles. The molecule has 1 amide bonds. The number of carbonyl (C=O) groups is 1. The highest BCUT2D eigenvalue weighted by molar-refractivity contribution is 7.14. The monoisotopic (exact) mass is 310 g/mol. The molecule has 0 aromatic carbocycles. The fourth-order valence-electron chi connectivity index (χ4n) is 1.72. The standard InChI is InChI=1S/C14H18N2O2S2/c1-2-12(17)3-5-15-13(18)7-11-9-20-14(16-11)10-4-6-19-8-10/h4,6,8-9,12,17H,2-3,5,7H2,1H3,(H,15,18). The number of nitrogens with zero attached hydrogens (tertiary/aromatic N) is 1. The molecule has 0 saturated heterocycles. The summed E-state index contributed by atoms with van der Waals surface area (Å²) in [5, 5.41) is 19.2. The fraction of sp³-hybridized carbons (Fsp3) is 0.429. The largest absolute Gasteiger partial charge is 0.393 e. The normalized spacial score (nSPS) is 12.3. The Balaban J connectivity index is 1.80. The number of thiazole rings is 1. The van der Waals surface area contributed by atoms with E-state index in [0.717, 1.165) is 16.3 Å². The number of amides is 1. The molecule has 0 saturated carbocycles. The van der Waals surface area contributed by atoms with Crippen LogP contribution in [0.25, 0.3) is 10.6 Å². The predicted octanol–water partition coefficient (Wildman–Crippen LogP) is 2.69. The van der Waals surface area contributed by atoms with Gasteiger partial charge in [-0.05, 0) is 24.3 Å². The lowest BCUT2D eigenvalue weighted by Gasteiger charge is -2.08. The minimum absolute atomic E-state index is 0.0459. The summed E-state index contributed by atoms with van der Waals surface area (Å²) in [7, 11) is 0. The zero-order valence-corrected chi connectivity index (χ0v) is 13.0. The van der Waals surface area contributed by atoms with Gasteiger partial charge in [-0.1, -0.05) is 6.92 Å². The van der Waals surface area contributed by atoms with Gasteiger partial charge >= 0.3 is 0 Å². The van der Waals surface area contributed by atoms with Crippen molar-refractivity contribution in [2.75, 3.05) is 6.54 Å². The summed E-state index contributed by atoms with van der Waals surface area (Å²) in [6.45, 7) is 2.43. The molecule has 108 valence electrons. The van der Waals surface area contributed by atoms with Crippen LogP contribution in [0.4, 0.5) is 0 Å². The summed E-state index contributed by atoms with van der Waals surface area (Å²) in [4.78, 5) is 16.2. The van der Waals surface area contributed by atoms with Crippen molar-refractivity contribution in [3.63, 3.8) is 0 Å². The number of hydrogen-bond acceptors (Lipinski definition) is 5. The fourth-order valence-corrected chi connectivity index (χ4v) is 3.25. The summed E-state index contributed by atoms with van der Waals surface area (Å²) in [5.41, 5.74) is 1.91. The molecular weight excluding hydrogens is 292 g/mol. The summed E-state index contributed by atoms with van der Waals surface area (Å²) in [5.74, 6) is -0.0459. The van der Waals surface area contributed by atoms with Gasteiger partial charge in [-0.25, -0.2) is 4.98 Å². The van der Waals surface area contributed by atoms with Crippen molar-refractivity contribution < 1.29 is 9.90 Å². The van der Waals surface area contributed by atoms with Crippen LogP contribution in [-0.4, -0.2) is 28.6 Å². The first-order valence-corrected chi connectivity index (χ1v) is 8.43.